The lowest BCUT2D eigenvalue weighted by atomic mass is 9.80. The van der Waals surface area contributed by atoms with Gasteiger partial charge in [-0.3, -0.25) is 9.89 Å². The molecule has 1 saturated carbocycles. The molecule has 0 spiro atoms. The van der Waals surface area contributed by atoms with Crippen molar-refractivity contribution < 1.29 is 4.74 Å². The van der Waals surface area contributed by atoms with E-state index in [2.05, 4.69) is 32.0 Å². The van der Waals surface area contributed by atoms with Gasteiger partial charge in [0.1, 0.15) is 0 Å². The number of aryl methyl sites for hydroxylation is 1. The molecule has 7 heteroatoms. The van der Waals surface area contributed by atoms with Crippen LogP contribution in [0, 0.1) is 0 Å². The van der Waals surface area contributed by atoms with Crippen LogP contribution in [0.3, 0.4) is 0 Å². The Bertz CT molecular complexity index is 547. The fourth-order valence-corrected chi connectivity index (χ4v) is 4.28. The van der Waals surface area contributed by atoms with Crippen LogP contribution < -0.4 is 10.6 Å². The molecular formula is C20H36N6O. The van der Waals surface area contributed by atoms with Crippen molar-refractivity contribution in [2.45, 2.75) is 57.5 Å². The van der Waals surface area contributed by atoms with Gasteiger partial charge in [0, 0.05) is 50.7 Å². The van der Waals surface area contributed by atoms with E-state index >= 15 is 0 Å². The maximum Gasteiger partial charge on any atom is 0.191 e. The second kappa shape index (κ2) is 10.7. The summed E-state index contributed by atoms with van der Waals surface area (Å²) < 4.78 is 7.70. The molecule has 1 saturated heterocycles. The molecule has 1 aliphatic carbocycles. The lowest BCUT2D eigenvalue weighted by Gasteiger charge is -2.47. The van der Waals surface area contributed by atoms with Crippen LogP contribution in [0.1, 0.15) is 45.4 Å². The van der Waals surface area contributed by atoms with Gasteiger partial charge in [-0.2, -0.15) is 0 Å². The van der Waals surface area contributed by atoms with E-state index in [1.807, 2.05) is 18.7 Å². The average molecular weight is 377 g/mol. The Labute approximate surface area is 163 Å². The molecule has 1 aliphatic heterocycles. The molecule has 27 heavy (non-hydrogen) atoms. The Kier molecular flexibility index (Phi) is 7.95. The van der Waals surface area contributed by atoms with Gasteiger partial charge in [0.2, 0.25) is 0 Å². The van der Waals surface area contributed by atoms with Crippen molar-refractivity contribution in [3.63, 3.8) is 0 Å². The number of guanidine groups is 1. The predicted octanol–water partition coefficient (Wildman–Crippen LogP) is 1.86. The summed E-state index contributed by atoms with van der Waals surface area (Å²) in [7, 11) is 0. The first-order valence-electron chi connectivity index (χ1n) is 10.6. The Morgan fingerprint density at radius 3 is 2.70 bits per heavy atom. The molecule has 0 aromatic carbocycles. The van der Waals surface area contributed by atoms with Gasteiger partial charge in [-0.15, -0.1) is 0 Å². The van der Waals surface area contributed by atoms with Gasteiger partial charge in [0.15, 0.2) is 5.96 Å². The minimum Gasteiger partial charge on any atom is -0.379 e. The first-order chi connectivity index (χ1) is 13.3. The van der Waals surface area contributed by atoms with Gasteiger partial charge in [-0.1, -0.05) is 19.3 Å². The van der Waals surface area contributed by atoms with Crippen molar-refractivity contribution in [2.24, 2.45) is 4.99 Å². The highest BCUT2D eigenvalue weighted by Gasteiger charge is 2.38. The van der Waals surface area contributed by atoms with Crippen molar-refractivity contribution >= 4 is 5.96 Å². The van der Waals surface area contributed by atoms with Gasteiger partial charge in [0.25, 0.3) is 0 Å². The van der Waals surface area contributed by atoms with E-state index in [1.165, 1.54) is 32.1 Å². The highest BCUT2D eigenvalue weighted by atomic mass is 16.5. The van der Waals surface area contributed by atoms with E-state index < -0.39 is 0 Å². The maximum absolute atomic E-state index is 5.59. The highest BCUT2D eigenvalue weighted by Crippen LogP contribution is 2.34. The number of rotatable bonds is 8. The third kappa shape index (κ3) is 5.94. The quantitative estimate of drug-likeness (QED) is 0.412. The molecule has 2 N–H and O–H groups in total. The number of ether oxygens (including phenoxy) is 1. The van der Waals surface area contributed by atoms with Crippen molar-refractivity contribution in [1.29, 1.82) is 0 Å². The number of morpholine rings is 1. The Balaban J connectivity index is 1.55. The van der Waals surface area contributed by atoms with Gasteiger partial charge < -0.3 is 19.9 Å². The fraction of sp³-hybridized carbons (Fsp3) is 0.800. The molecule has 2 heterocycles. The molecule has 1 aromatic rings. The zero-order valence-corrected chi connectivity index (χ0v) is 16.8. The van der Waals surface area contributed by atoms with E-state index in [9.17, 15) is 0 Å². The van der Waals surface area contributed by atoms with Crippen LogP contribution in [0.15, 0.2) is 23.7 Å². The number of nitrogens with one attached hydrogen (secondary N) is 2. The molecule has 152 valence electrons. The average Bonchev–Trinajstić information content (AvgIpc) is 3.24. The molecular weight excluding hydrogens is 340 g/mol. The molecule has 2 fully saturated rings. The smallest absolute Gasteiger partial charge is 0.191 e. The highest BCUT2D eigenvalue weighted by molar-refractivity contribution is 5.79. The van der Waals surface area contributed by atoms with Gasteiger partial charge >= 0.3 is 0 Å². The van der Waals surface area contributed by atoms with Crippen LogP contribution >= 0.6 is 0 Å². The van der Waals surface area contributed by atoms with Crippen molar-refractivity contribution in [2.75, 3.05) is 45.9 Å². The summed E-state index contributed by atoms with van der Waals surface area (Å²) in [5.41, 5.74) is 0.223. The molecule has 0 unspecified atom stereocenters. The summed E-state index contributed by atoms with van der Waals surface area (Å²) in [6, 6.07) is 0. The van der Waals surface area contributed by atoms with E-state index in [4.69, 9.17) is 9.73 Å². The van der Waals surface area contributed by atoms with E-state index in [0.717, 1.165) is 64.9 Å². The number of hydrogen-bond donors (Lipinski definition) is 2. The van der Waals surface area contributed by atoms with Crippen molar-refractivity contribution in [1.82, 2.24) is 25.1 Å². The zero-order valence-electron chi connectivity index (χ0n) is 16.8. The van der Waals surface area contributed by atoms with Gasteiger partial charge in [-0.25, -0.2) is 4.98 Å². The SMILES string of the molecule is CCNC(=NCC1(N2CCOCC2)CCCCC1)NCCCn1ccnc1. The van der Waals surface area contributed by atoms with Crippen LogP contribution in [0.5, 0.6) is 0 Å². The first-order valence-corrected chi connectivity index (χ1v) is 10.6. The summed E-state index contributed by atoms with van der Waals surface area (Å²) in [4.78, 5) is 11.8. The molecule has 3 rings (SSSR count). The third-order valence-corrected chi connectivity index (χ3v) is 5.79. The molecule has 7 nitrogen and oxygen atoms in total. The number of imidazole rings is 1. The molecule has 0 amide bonds. The molecule has 0 radical (unpaired) electrons. The van der Waals surface area contributed by atoms with Crippen molar-refractivity contribution in [3.8, 4) is 0 Å². The fourth-order valence-electron chi connectivity index (χ4n) is 4.28. The van der Waals surface area contributed by atoms with E-state index in [-0.39, 0.29) is 5.54 Å². The second-order valence-electron chi connectivity index (χ2n) is 7.66. The number of aliphatic imine (C=N–C) groups is 1. The van der Waals surface area contributed by atoms with Crippen molar-refractivity contribution in [3.05, 3.63) is 18.7 Å². The van der Waals surface area contributed by atoms with E-state index in [0.29, 0.717) is 0 Å². The summed E-state index contributed by atoms with van der Waals surface area (Å²) in [6.45, 7) is 9.59. The van der Waals surface area contributed by atoms with Crippen LogP contribution in [-0.2, 0) is 11.3 Å². The summed E-state index contributed by atoms with van der Waals surface area (Å²) in [6.07, 6.45) is 13.3. The predicted molar refractivity (Wildman–Crippen MR) is 109 cm³/mol. The van der Waals surface area contributed by atoms with Crippen LogP contribution in [0.25, 0.3) is 0 Å². The second-order valence-corrected chi connectivity index (χ2v) is 7.66. The zero-order chi connectivity index (χ0) is 18.8. The number of hydrogen-bond acceptors (Lipinski definition) is 4. The maximum atomic E-state index is 5.59. The Morgan fingerprint density at radius 2 is 2.00 bits per heavy atom. The molecule has 0 atom stereocenters. The standard InChI is InChI=1S/C20H36N6O/c1-2-22-19(23-9-6-11-25-12-10-21-18-25)24-17-20(7-4-3-5-8-20)26-13-15-27-16-14-26/h10,12,18H,2-9,11,13-17H2,1H3,(H2,22,23,24). The minimum atomic E-state index is 0.223. The first kappa shape index (κ1) is 20.1. The Hall–Kier alpha value is -1.60. The Morgan fingerprint density at radius 1 is 1.19 bits per heavy atom. The number of nitrogens with zero attached hydrogens (tertiary/aromatic N) is 4. The monoisotopic (exact) mass is 376 g/mol. The number of aromatic nitrogens is 2. The van der Waals surface area contributed by atoms with Gasteiger partial charge in [0.05, 0.1) is 26.1 Å². The molecule has 1 aromatic heterocycles. The lowest BCUT2D eigenvalue weighted by molar-refractivity contribution is -0.0333. The third-order valence-electron chi connectivity index (χ3n) is 5.79. The van der Waals surface area contributed by atoms with Gasteiger partial charge in [-0.05, 0) is 26.2 Å². The van der Waals surface area contributed by atoms with Crippen LogP contribution in [0.4, 0.5) is 0 Å². The normalized spacial score (nSPS) is 21.1. The lowest BCUT2D eigenvalue weighted by Crippen LogP contribution is -2.56. The topological polar surface area (TPSA) is 66.7 Å². The largest absolute Gasteiger partial charge is 0.379 e. The summed E-state index contributed by atoms with van der Waals surface area (Å²) in [5, 5.41) is 6.92. The summed E-state index contributed by atoms with van der Waals surface area (Å²) in [5.74, 6) is 0.946. The summed E-state index contributed by atoms with van der Waals surface area (Å²) >= 11 is 0. The minimum absolute atomic E-state index is 0.223. The molecule has 0 bridgehead atoms. The van der Waals surface area contributed by atoms with Crippen LogP contribution in [-0.4, -0.2) is 71.9 Å². The van der Waals surface area contributed by atoms with Crippen LogP contribution in [0.2, 0.25) is 0 Å². The molecule has 2 aliphatic rings. The van der Waals surface area contributed by atoms with E-state index in [1.54, 1.807) is 0 Å².